The maximum atomic E-state index is 9.83. The molecule has 2 N–H and O–H groups in total. The summed E-state index contributed by atoms with van der Waals surface area (Å²) in [7, 11) is 0. The maximum Gasteiger partial charge on any atom is 0.0900 e. The highest BCUT2D eigenvalue weighted by Crippen LogP contribution is 2.35. The number of ether oxygens (including phenoxy) is 1. The summed E-state index contributed by atoms with van der Waals surface area (Å²) >= 11 is 0. The molecule has 2 aliphatic rings. The van der Waals surface area contributed by atoms with Gasteiger partial charge in [-0.15, -0.1) is 0 Å². The lowest BCUT2D eigenvalue weighted by molar-refractivity contribution is -0.0185. The average Bonchev–Trinajstić information content (AvgIpc) is 2.50. The minimum Gasteiger partial charge on any atom is -0.393 e. The Bertz CT molecular complexity index is 210. The molecule has 0 spiro atoms. The normalized spacial score (nSPS) is 36.6. The van der Waals surface area contributed by atoms with E-state index in [4.69, 9.17) is 4.74 Å². The van der Waals surface area contributed by atoms with Gasteiger partial charge in [0.05, 0.1) is 18.8 Å². The van der Waals surface area contributed by atoms with E-state index < -0.39 is 6.10 Å². The lowest BCUT2D eigenvalue weighted by Crippen LogP contribution is -2.48. The summed E-state index contributed by atoms with van der Waals surface area (Å²) in [5.41, 5.74) is 0. The molecule has 0 aromatic heterocycles. The van der Waals surface area contributed by atoms with E-state index in [9.17, 15) is 10.2 Å². The number of fused-ring (bicyclic) bond motifs is 2. The molecule has 4 nitrogen and oxygen atoms in total. The average molecular weight is 229 g/mol. The van der Waals surface area contributed by atoms with Crippen LogP contribution in [0, 0.1) is 0 Å². The van der Waals surface area contributed by atoms with Crippen LogP contribution in [0.25, 0.3) is 0 Å². The number of rotatable bonds is 5. The second-order valence-corrected chi connectivity index (χ2v) is 5.02. The molecule has 3 atom stereocenters. The lowest BCUT2D eigenvalue weighted by atomic mass is 9.99. The topological polar surface area (TPSA) is 52.9 Å². The molecule has 2 heterocycles. The van der Waals surface area contributed by atoms with E-state index in [0.717, 1.165) is 12.8 Å². The number of hydrogen-bond donors (Lipinski definition) is 2. The van der Waals surface area contributed by atoms with E-state index in [2.05, 4.69) is 4.90 Å². The molecule has 4 heteroatoms. The SMILES string of the molecule is CCOCC(O)CN1C2CCC1CC(O)C2. The van der Waals surface area contributed by atoms with Gasteiger partial charge in [0.25, 0.3) is 0 Å². The van der Waals surface area contributed by atoms with Crippen molar-refractivity contribution in [3.63, 3.8) is 0 Å². The molecule has 2 fully saturated rings. The minimum atomic E-state index is -0.390. The van der Waals surface area contributed by atoms with Crippen molar-refractivity contribution in [1.29, 1.82) is 0 Å². The van der Waals surface area contributed by atoms with Gasteiger partial charge in [-0.25, -0.2) is 0 Å². The van der Waals surface area contributed by atoms with Crippen molar-refractivity contribution in [2.45, 2.75) is 56.9 Å². The largest absolute Gasteiger partial charge is 0.393 e. The Kier molecular flexibility index (Phi) is 4.19. The first-order valence-corrected chi connectivity index (χ1v) is 6.40. The van der Waals surface area contributed by atoms with Crippen LogP contribution >= 0.6 is 0 Å². The van der Waals surface area contributed by atoms with Crippen molar-refractivity contribution in [2.75, 3.05) is 19.8 Å². The third kappa shape index (κ3) is 2.74. The first kappa shape index (κ1) is 12.3. The van der Waals surface area contributed by atoms with Crippen LogP contribution in [0.1, 0.15) is 32.6 Å². The van der Waals surface area contributed by atoms with Crippen molar-refractivity contribution in [1.82, 2.24) is 4.90 Å². The molecule has 94 valence electrons. The fraction of sp³-hybridized carbons (Fsp3) is 1.00. The molecular weight excluding hydrogens is 206 g/mol. The summed E-state index contributed by atoms with van der Waals surface area (Å²) in [4.78, 5) is 2.37. The maximum absolute atomic E-state index is 9.83. The van der Waals surface area contributed by atoms with E-state index in [0.29, 0.717) is 31.8 Å². The van der Waals surface area contributed by atoms with E-state index in [1.807, 2.05) is 6.92 Å². The Hall–Kier alpha value is -0.160. The van der Waals surface area contributed by atoms with Gasteiger partial charge in [0.15, 0.2) is 0 Å². The molecular formula is C12H23NO3. The molecule has 3 unspecified atom stereocenters. The molecule has 0 aromatic carbocycles. The second kappa shape index (κ2) is 5.45. The van der Waals surface area contributed by atoms with E-state index in [-0.39, 0.29) is 6.10 Å². The van der Waals surface area contributed by atoms with Crippen LogP contribution in [0.4, 0.5) is 0 Å². The number of aliphatic hydroxyl groups excluding tert-OH is 2. The Morgan fingerprint density at radius 1 is 1.31 bits per heavy atom. The molecule has 2 bridgehead atoms. The van der Waals surface area contributed by atoms with Gasteiger partial charge in [-0.2, -0.15) is 0 Å². The van der Waals surface area contributed by atoms with Gasteiger partial charge in [-0.05, 0) is 32.6 Å². The van der Waals surface area contributed by atoms with Crippen LogP contribution < -0.4 is 0 Å². The van der Waals surface area contributed by atoms with E-state index in [1.165, 1.54) is 12.8 Å². The molecule has 0 aromatic rings. The first-order valence-electron chi connectivity index (χ1n) is 6.40. The number of hydrogen-bond acceptors (Lipinski definition) is 4. The standard InChI is InChI=1S/C12H23NO3/c1-2-16-8-12(15)7-13-9-3-4-10(13)6-11(14)5-9/h9-12,14-15H,2-8H2,1H3. The predicted octanol–water partition coefficient (Wildman–Crippen LogP) is 0.371. The Labute approximate surface area is 97.2 Å². The third-order valence-electron chi connectivity index (χ3n) is 3.80. The highest BCUT2D eigenvalue weighted by atomic mass is 16.5. The zero-order valence-corrected chi connectivity index (χ0v) is 10.0. The van der Waals surface area contributed by atoms with Crippen LogP contribution in [0.5, 0.6) is 0 Å². The lowest BCUT2D eigenvalue weighted by Gasteiger charge is -2.38. The smallest absolute Gasteiger partial charge is 0.0900 e. The zero-order chi connectivity index (χ0) is 11.5. The zero-order valence-electron chi connectivity index (χ0n) is 10.0. The van der Waals surface area contributed by atoms with Gasteiger partial charge >= 0.3 is 0 Å². The third-order valence-corrected chi connectivity index (χ3v) is 3.80. The Balaban J connectivity index is 1.81. The number of piperidine rings is 1. The van der Waals surface area contributed by atoms with Gasteiger partial charge in [0.1, 0.15) is 0 Å². The van der Waals surface area contributed by atoms with Crippen LogP contribution in [0.2, 0.25) is 0 Å². The van der Waals surface area contributed by atoms with Crippen molar-refractivity contribution in [3.8, 4) is 0 Å². The molecule has 0 aliphatic carbocycles. The molecule has 2 saturated heterocycles. The molecule has 0 saturated carbocycles. The van der Waals surface area contributed by atoms with Crippen LogP contribution in [-0.4, -0.2) is 59.2 Å². The summed E-state index contributed by atoms with van der Waals surface area (Å²) in [6, 6.07) is 0.954. The van der Waals surface area contributed by atoms with Gasteiger partial charge in [0.2, 0.25) is 0 Å². The van der Waals surface area contributed by atoms with Crippen LogP contribution in [0.15, 0.2) is 0 Å². The summed E-state index contributed by atoms with van der Waals surface area (Å²) in [5, 5.41) is 19.5. The van der Waals surface area contributed by atoms with Crippen LogP contribution in [0.3, 0.4) is 0 Å². The molecule has 0 amide bonds. The molecule has 0 radical (unpaired) electrons. The van der Waals surface area contributed by atoms with E-state index >= 15 is 0 Å². The summed E-state index contributed by atoms with van der Waals surface area (Å²) in [6.45, 7) is 3.72. The fourth-order valence-corrected chi connectivity index (χ4v) is 3.09. The Morgan fingerprint density at radius 2 is 1.94 bits per heavy atom. The first-order chi connectivity index (χ1) is 7.70. The van der Waals surface area contributed by atoms with Crippen molar-refractivity contribution >= 4 is 0 Å². The monoisotopic (exact) mass is 229 g/mol. The van der Waals surface area contributed by atoms with E-state index in [1.54, 1.807) is 0 Å². The van der Waals surface area contributed by atoms with Gasteiger partial charge < -0.3 is 14.9 Å². The summed E-state index contributed by atoms with van der Waals surface area (Å²) < 4.78 is 5.22. The van der Waals surface area contributed by atoms with Crippen molar-refractivity contribution in [2.24, 2.45) is 0 Å². The van der Waals surface area contributed by atoms with Gasteiger partial charge in [-0.3, -0.25) is 4.90 Å². The second-order valence-electron chi connectivity index (χ2n) is 5.02. The van der Waals surface area contributed by atoms with Gasteiger partial charge in [0, 0.05) is 25.2 Å². The van der Waals surface area contributed by atoms with Crippen molar-refractivity contribution < 1.29 is 14.9 Å². The Morgan fingerprint density at radius 3 is 2.50 bits per heavy atom. The number of nitrogens with zero attached hydrogens (tertiary/aromatic N) is 1. The molecule has 16 heavy (non-hydrogen) atoms. The quantitative estimate of drug-likeness (QED) is 0.715. The molecule has 2 aliphatic heterocycles. The highest BCUT2D eigenvalue weighted by Gasteiger charge is 2.40. The highest BCUT2D eigenvalue weighted by molar-refractivity contribution is 4.95. The van der Waals surface area contributed by atoms with Crippen molar-refractivity contribution in [3.05, 3.63) is 0 Å². The predicted molar refractivity (Wildman–Crippen MR) is 61.3 cm³/mol. The minimum absolute atomic E-state index is 0.127. The molecule has 2 rings (SSSR count). The summed E-state index contributed by atoms with van der Waals surface area (Å²) in [6.07, 6.45) is 3.57. The number of aliphatic hydroxyl groups is 2. The van der Waals surface area contributed by atoms with Crippen LogP contribution in [-0.2, 0) is 4.74 Å². The fourth-order valence-electron chi connectivity index (χ4n) is 3.09. The summed E-state index contributed by atoms with van der Waals surface area (Å²) in [5.74, 6) is 0. The van der Waals surface area contributed by atoms with Gasteiger partial charge in [-0.1, -0.05) is 0 Å².